The fourth-order valence-corrected chi connectivity index (χ4v) is 3.42. The van der Waals surface area contributed by atoms with Gasteiger partial charge in [0.2, 0.25) is 0 Å². The number of ether oxygens (including phenoxy) is 1. The highest BCUT2D eigenvalue weighted by atomic mass is 16.5. The van der Waals surface area contributed by atoms with Gasteiger partial charge in [-0.05, 0) is 49.6 Å². The molecule has 0 saturated heterocycles. The monoisotopic (exact) mass is 396 g/mol. The van der Waals surface area contributed by atoms with E-state index in [1.807, 2.05) is 55.5 Å². The van der Waals surface area contributed by atoms with E-state index in [1.165, 1.54) is 0 Å². The molecule has 6 nitrogen and oxygen atoms in total. The van der Waals surface area contributed by atoms with E-state index in [-0.39, 0.29) is 24.6 Å². The number of aliphatic hydroxyl groups is 1. The molecule has 0 aliphatic carbocycles. The fourth-order valence-electron chi connectivity index (χ4n) is 3.42. The Labute approximate surface area is 170 Å². The molecule has 0 amide bonds. The molecule has 6 heteroatoms. The van der Waals surface area contributed by atoms with Crippen LogP contribution in [0, 0.1) is 0 Å². The molecule has 0 bridgehead atoms. The van der Waals surface area contributed by atoms with Crippen molar-refractivity contribution in [1.82, 2.24) is 9.13 Å². The quantitative estimate of drug-likeness (QED) is 0.571. The number of aromatic nitrogens is 2. The molecule has 154 valence electrons. The van der Waals surface area contributed by atoms with E-state index in [4.69, 9.17) is 4.74 Å². The van der Waals surface area contributed by atoms with Crippen molar-refractivity contribution in [1.29, 1.82) is 0 Å². The van der Waals surface area contributed by atoms with Gasteiger partial charge >= 0.3 is 5.69 Å². The molecule has 0 aliphatic heterocycles. The van der Waals surface area contributed by atoms with Crippen LogP contribution < -0.4 is 10.4 Å². The third-order valence-electron chi connectivity index (χ3n) is 4.90. The summed E-state index contributed by atoms with van der Waals surface area (Å²) in [5.74, 6) is 0.820. The number of benzene rings is 2. The Morgan fingerprint density at radius 1 is 1.07 bits per heavy atom. The van der Waals surface area contributed by atoms with Crippen molar-refractivity contribution in [3.8, 4) is 5.75 Å². The van der Waals surface area contributed by atoms with E-state index in [1.54, 1.807) is 16.1 Å². The lowest BCUT2D eigenvalue weighted by Crippen LogP contribution is -2.31. The maximum Gasteiger partial charge on any atom is 0.329 e. The Morgan fingerprint density at radius 3 is 2.34 bits per heavy atom. The van der Waals surface area contributed by atoms with Gasteiger partial charge in [0.1, 0.15) is 24.2 Å². The third kappa shape index (κ3) is 5.15. The van der Waals surface area contributed by atoms with Gasteiger partial charge in [-0.15, -0.1) is 0 Å². The van der Waals surface area contributed by atoms with Crippen LogP contribution in [0.15, 0.2) is 53.3 Å². The second-order valence-corrected chi connectivity index (χ2v) is 7.34. The molecule has 3 rings (SSSR count). The summed E-state index contributed by atoms with van der Waals surface area (Å²) < 4.78 is 9.06. The summed E-state index contributed by atoms with van der Waals surface area (Å²) in [6, 6.07) is 15.2. The Kier molecular flexibility index (Phi) is 6.88. The number of para-hydroxylation sites is 2. The van der Waals surface area contributed by atoms with E-state index < -0.39 is 6.10 Å². The molecular formula is C23H28N2O4. The zero-order valence-electron chi connectivity index (χ0n) is 17.0. The van der Waals surface area contributed by atoms with Crippen molar-refractivity contribution in [2.75, 3.05) is 6.61 Å². The van der Waals surface area contributed by atoms with Crippen molar-refractivity contribution >= 4 is 16.8 Å². The molecule has 0 fully saturated rings. The molecule has 1 aromatic heterocycles. The highest BCUT2D eigenvalue weighted by molar-refractivity contribution is 5.76. The average Bonchev–Trinajstić information content (AvgIpc) is 2.98. The van der Waals surface area contributed by atoms with E-state index in [9.17, 15) is 14.7 Å². The molecule has 0 aliphatic rings. The number of hydrogen-bond acceptors (Lipinski definition) is 4. The second-order valence-electron chi connectivity index (χ2n) is 7.34. The lowest BCUT2D eigenvalue weighted by atomic mass is 10.1. The number of carbonyl (C=O) groups excluding carboxylic acids is 1. The first kappa shape index (κ1) is 20.9. The maximum absolute atomic E-state index is 12.8. The lowest BCUT2D eigenvalue weighted by molar-refractivity contribution is -0.116. The van der Waals surface area contributed by atoms with Crippen LogP contribution in [0.2, 0.25) is 0 Å². The minimum atomic E-state index is -0.814. The van der Waals surface area contributed by atoms with Gasteiger partial charge in [-0.3, -0.25) is 9.13 Å². The first-order chi connectivity index (χ1) is 14.0. The lowest BCUT2D eigenvalue weighted by Gasteiger charge is -2.13. The van der Waals surface area contributed by atoms with E-state index in [0.29, 0.717) is 25.1 Å². The number of ketones is 1. The zero-order valence-corrected chi connectivity index (χ0v) is 17.0. The normalized spacial score (nSPS) is 12.2. The summed E-state index contributed by atoms with van der Waals surface area (Å²) in [7, 11) is 0. The summed E-state index contributed by atoms with van der Waals surface area (Å²) in [5, 5.41) is 10.5. The predicted molar refractivity (Wildman–Crippen MR) is 113 cm³/mol. The van der Waals surface area contributed by atoms with Crippen molar-refractivity contribution in [3.63, 3.8) is 0 Å². The standard InChI is InChI=1S/C23H28N2O4/c1-3-14-24-21-6-4-5-7-22(21)25(23(24)28)15-19(27)16-29-20-12-10-18(11-13-20)9-8-17(2)26/h4-7,10-13,19,27H,3,8-9,14-16H2,1-2H3/t19-/m1/s1. The number of carbonyl (C=O) groups is 1. The van der Waals surface area contributed by atoms with Crippen LogP contribution in [0.25, 0.3) is 11.0 Å². The van der Waals surface area contributed by atoms with Crippen molar-refractivity contribution in [2.24, 2.45) is 0 Å². The molecule has 2 aromatic carbocycles. The smallest absolute Gasteiger partial charge is 0.329 e. The van der Waals surface area contributed by atoms with Crippen LogP contribution in [0.3, 0.4) is 0 Å². The van der Waals surface area contributed by atoms with Gasteiger partial charge < -0.3 is 14.6 Å². The number of rotatable bonds is 10. The van der Waals surface area contributed by atoms with Crippen molar-refractivity contribution < 1.29 is 14.6 Å². The minimum Gasteiger partial charge on any atom is -0.491 e. The van der Waals surface area contributed by atoms with Crippen LogP contribution in [0.4, 0.5) is 0 Å². The van der Waals surface area contributed by atoms with Crippen LogP contribution in [-0.4, -0.2) is 32.7 Å². The number of Topliss-reactive ketones (excluding diaryl/α,β-unsaturated/α-hetero) is 1. The number of aryl methyl sites for hydroxylation is 2. The Balaban J connectivity index is 1.64. The molecule has 0 unspecified atom stereocenters. The molecule has 0 spiro atoms. The number of fused-ring (bicyclic) bond motifs is 1. The van der Waals surface area contributed by atoms with E-state index in [2.05, 4.69) is 0 Å². The summed E-state index contributed by atoms with van der Waals surface area (Å²) in [6.07, 6.45) is 1.29. The fraction of sp³-hybridized carbons (Fsp3) is 0.391. The summed E-state index contributed by atoms with van der Waals surface area (Å²) in [6.45, 7) is 4.53. The van der Waals surface area contributed by atoms with Gasteiger partial charge in [-0.25, -0.2) is 4.79 Å². The van der Waals surface area contributed by atoms with Gasteiger partial charge in [-0.2, -0.15) is 0 Å². The number of hydrogen-bond donors (Lipinski definition) is 1. The van der Waals surface area contributed by atoms with Gasteiger partial charge in [0.05, 0.1) is 17.6 Å². The number of imidazole rings is 1. The van der Waals surface area contributed by atoms with Gasteiger partial charge in [-0.1, -0.05) is 31.2 Å². The molecule has 0 radical (unpaired) electrons. The molecule has 29 heavy (non-hydrogen) atoms. The van der Waals surface area contributed by atoms with E-state index in [0.717, 1.165) is 23.0 Å². The van der Waals surface area contributed by atoms with E-state index >= 15 is 0 Å². The van der Waals surface area contributed by atoms with Crippen molar-refractivity contribution in [2.45, 2.75) is 52.3 Å². The van der Waals surface area contributed by atoms with Crippen molar-refractivity contribution in [3.05, 3.63) is 64.6 Å². The summed E-state index contributed by atoms with van der Waals surface area (Å²) in [4.78, 5) is 23.9. The topological polar surface area (TPSA) is 73.5 Å². The Morgan fingerprint density at radius 2 is 1.72 bits per heavy atom. The summed E-state index contributed by atoms with van der Waals surface area (Å²) in [5.41, 5.74) is 2.67. The summed E-state index contributed by atoms with van der Waals surface area (Å²) >= 11 is 0. The molecule has 1 atom stereocenters. The number of aliphatic hydroxyl groups excluding tert-OH is 1. The van der Waals surface area contributed by atoms with Gasteiger partial charge in [0.15, 0.2) is 0 Å². The molecular weight excluding hydrogens is 368 g/mol. The third-order valence-corrected chi connectivity index (χ3v) is 4.90. The molecule has 1 heterocycles. The SMILES string of the molecule is CCCn1c(=O)n(C[C@@H](O)COc2ccc(CCC(C)=O)cc2)c2ccccc21. The number of nitrogens with zero attached hydrogens (tertiary/aromatic N) is 2. The average molecular weight is 396 g/mol. The van der Waals surface area contributed by atoms with Crippen LogP contribution in [0.1, 0.15) is 32.3 Å². The minimum absolute atomic E-state index is 0.0898. The second kappa shape index (κ2) is 9.56. The highest BCUT2D eigenvalue weighted by Crippen LogP contribution is 2.16. The zero-order chi connectivity index (χ0) is 20.8. The predicted octanol–water partition coefficient (Wildman–Crippen LogP) is 3.17. The maximum atomic E-state index is 12.8. The molecule has 0 saturated carbocycles. The Hall–Kier alpha value is -2.86. The highest BCUT2D eigenvalue weighted by Gasteiger charge is 2.15. The van der Waals surface area contributed by atoms with Gasteiger partial charge in [0, 0.05) is 13.0 Å². The van der Waals surface area contributed by atoms with Crippen LogP contribution >= 0.6 is 0 Å². The largest absolute Gasteiger partial charge is 0.491 e. The van der Waals surface area contributed by atoms with Crippen LogP contribution in [0.5, 0.6) is 5.75 Å². The van der Waals surface area contributed by atoms with Gasteiger partial charge in [0.25, 0.3) is 0 Å². The molecule has 3 aromatic rings. The Bertz CT molecular complexity index is 1020. The first-order valence-corrected chi connectivity index (χ1v) is 10.1. The molecule has 1 N–H and O–H groups in total. The first-order valence-electron chi connectivity index (χ1n) is 10.1. The van der Waals surface area contributed by atoms with Crippen LogP contribution in [-0.2, 0) is 24.3 Å².